The average molecular weight is 959 g/mol. The SMILES string of the molecule is CC(C)n1cc(-c2ccc(NC(=O)Nc3ccc(-c4nc(N)c5c(-c6ccc(NC(O)Nc7cccc(C(F)(F)C(F)(F)F)c7)cc6)cn(C(C)C)c5n4)c(C(F)(F)F)c3)cc2)c2c(N)ncnc21. The van der Waals surface area contributed by atoms with E-state index in [2.05, 4.69) is 41.2 Å². The second kappa shape index (κ2) is 17.9. The van der Waals surface area contributed by atoms with Crippen LogP contribution in [-0.4, -0.2) is 52.7 Å². The standard InChI is InChI=1S/C47H42F8N12O2/c1-23(2)66-20-33(36-38(56)58-22-59-41(36)66)25-8-12-29(13-9-25)61-44(69)63-31-16-17-32(35(19-31)46(50,51)52)40-64-39(57)37-34(21-67(24(3)4)42(37)65-40)26-10-14-28(15-11-26)60-43(68)62-30-7-5-6-27(18-30)45(48,49)47(53,54)55/h5-24,43,60,62,68H,1-4H3,(H2,56,58,59)(H2,57,64,65)(H2,61,63,69). The second-order valence-corrected chi connectivity index (χ2v) is 16.5. The Morgan fingerprint density at radius 2 is 1.17 bits per heavy atom. The van der Waals surface area contributed by atoms with Crippen LogP contribution in [0.1, 0.15) is 50.9 Å². The van der Waals surface area contributed by atoms with Gasteiger partial charge in [0.2, 0.25) is 6.35 Å². The van der Waals surface area contributed by atoms with Crippen LogP contribution in [0, 0.1) is 0 Å². The van der Waals surface area contributed by atoms with Crippen LogP contribution < -0.4 is 32.7 Å². The van der Waals surface area contributed by atoms with E-state index in [1.807, 2.05) is 38.5 Å². The highest BCUT2D eigenvalue weighted by atomic mass is 19.4. The van der Waals surface area contributed by atoms with Crippen molar-refractivity contribution in [3.8, 4) is 33.6 Å². The zero-order valence-corrected chi connectivity index (χ0v) is 36.8. The van der Waals surface area contributed by atoms with Crippen molar-refractivity contribution in [1.29, 1.82) is 0 Å². The molecule has 8 rings (SSSR count). The van der Waals surface area contributed by atoms with E-state index in [-0.39, 0.29) is 40.7 Å². The van der Waals surface area contributed by atoms with Gasteiger partial charge in [0, 0.05) is 69.5 Å². The molecule has 0 aliphatic carbocycles. The van der Waals surface area contributed by atoms with E-state index in [0.29, 0.717) is 56.9 Å². The number of anilines is 6. The molecule has 0 aliphatic heterocycles. The number of hydrogen-bond donors (Lipinski definition) is 7. The summed E-state index contributed by atoms with van der Waals surface area (Å²) in [4.78, 5) is 30.5. The summed E-state index contributed by atoms with van der Waals surface area (Å²) in [6, 6.07) is 18.8. The van der Waals surface area contributed by atoms with Crippen molar-refractivity contribution >= 4 is 62.5 Å². The van der Waals surface area contributed by atoms with Crippen molar-refractivity contribution in [1.82, 2.24) is 29.1 Å². The summed E-state index contributed by atoms with van der Waals surface area (Å²) in [6.45, 7) is 7.68. The molecule has 14 nitrogen and oxygen atoms in total. The number of aliphatic hydroxyl groups is 1. The minimum absolute atomic E-state index is 0.0824. The molecule has 69 heavy (non-hydrogen) atoms. The molecule has 4 aromatic carbocycles. The Balaban J connectivity index is 1.000. The first kappa shape index (κ1) is 47.5. The highest BCUT2D eigenvalue weighted by Crippen LogP contribution is 2.45. The number of carbonyl (C=O) groups excluding carboxylic acids is 1. The molecule has 0 radical (unpaired) electrons. The topological polar surface area (TPSA) is 199 Å². The first-order valence-corrected chi connectivity index (χ1v) is 21.1. The first-order valence-electron chi connectivity index (χ1n) is 21.1. The first-order chi connectivity index (χ1) is 32.5. The van der Waals surface area contributed by atoms with Crippen LogP contribution in [-0.2, 0) is 12.1 Å². The average Bonchev–Trinajstić information content (AvgIpc) is 3.88. The van der Waals surface area contributed by atoms with Gasteiger partial charge in [0.05, 0.1) is 16.3 Å². The summed E-state index contributed by atoms with van der Waals surface area (Å²) in [5.74, 6) is -5.26. The molecule has 0 saturated heterocycles. The number of fused-ring (bicyclic) bond motifs is 2. The predicted octanol–water partition coefficient (Wildman–Crippen LogP) is 11.6. The van der Waals surface area contributed by atoms with Gasteiger partial charge in [-0.2, -0.15) is 35.1 Å². The Labute approximate surface area is 387 Å². The fourth-order valence-electron chi connectivity index (χ4n) is 7.77. The fraction of sp³-hybridized carbons (Fsp3) is 0.213. The van der Waals surface area contributed by atoms with Crippen LogP contribution in [0.25, 0.3) is 55.7 Å². The lowest BCUT2D eigenvalue weighted by Gasteiger charge is -2.22. The van der Waals surface area contributed by atoms with Crippen LogP contribution in [0.5, 0.6) is 0 Å². The Morgan fingerprint density at radius 1 is 0.623 bits per heavy atom. The van der Waals surface area contributed by atoms with E-state index in [4.69, 9.17) is 11.5 Å². The quantitative estimate of drug-likeness (QED) is 0.0457. The van der Waals surface area contributed by atoms with Crippen LogP contribution in [0.2, 0.25) is 0 Å². The molecule has 0 bridgehead atoms. The number of aliphatic hydroxyl groups excluding tert-OH is 1. The Hall–Kier alpha value is -8.01. The molecule has 0 fully saturated rings. The third kappa shape index (κ3) is 9.47. The van der Waals surface area contributed by atoms with Crippen LogP contribution >= 0.6 is 0 Å². The molecule has 358 valence electrons. The zero-order chi connectivity index (χ0) is 49.7. The molecule has 4 aromatic heterocycles. The monoisotopic (exact) mass is 958 g/mol. The zero-order valence-electron chi connectivity index (χ0n) is 36.8. The van der Waals surface area contributed by atoms with Gasteiger partial charge in [-0.15, -0.1) is 0 Å². The highest BCUT2D eigenvalue weighted by Gasteiger charge is 2.58. The predicted molar refractivity (Wildman–Crippen MR) is 248 cm³/mol. The van der Waals surface area contributed by atoms with Gasteiger partial charge in [-0.05, 0) is 93.4 Å². The molecule has 0 spiro atoms. The lowest BCUT2D eigenvalue weighted by molar-refractivity contribution is -0.289. The maximum absolute atomic E-state index is 14.8. The third-order valence-corrected chi connectivity index (χ3v) is 11.1. The fourth-order valence-corrected chi connectivity index (χ4v) is 7.77. The van der Waals surface area contributed by atoms with Crippen molar-refractivity contribution in [3.63, 3.8) is 0 Å². The van der Waals surface area contributed by atoms with E-state index in [9.17, 15) is 45.0 Å². The molecule has 22 heteroatoms. The normalized spacial score (nSPS) is 12.8. The summed E-state index contributed by atoms with van der Waals surface area (Å²) in [5.41, 5.74) is 13.7. The molecule has 1 unspecified atom stereocenters. The molecule has 2 amide bonds. The van der Waals surface area contributed by atoms with Gasteiger partial charge in [-0.25, -0.2) is 24.7 Å². The van der Waals surface area contributed by atoms with E-state index in [1.165, 1.54) is 18.5 Å². The molecule has 1 atom stereocenters. The van der Waals surface area contributed by atoms with E-state index in [1.54, 1.807) is 59.3 Å². The number of benzene rings is 4. The summed E-state index contributed by atoms with van der Waals surface area (Å²) in [5, 5.41) is 21.8. The smallest absolute Gasteiger partial charge is 0.383 e. The maximum Gasteiger partial charge on any atom is 0.458 e. The number of aromatic nitrogens is 6. The van der Waals surface area contributed by atoms with Gasteiger partial charge in [0.1, 0.15) is 29.3 Å². The van der Waals surface area contributed by atoms with Crippen LogP contribution in [0.15, 0.2) is 110 Å². The van der Waals surface area contributed by atoms with E-state index >= 15 is 0 Å². The van der Waals surface area contributed by atoms with Crippen molar-refractivity contribution in [3.05, 3.63) is 121 Å². The number of nitrogen functional groups attached to an aromatic ring is 2. The summed E-state index contributed by atoms with van der Waals surface area (Å²) < 4.78 is 115. The number of hydrogen-bond acceptors (Lipinski definition) is 10. The van der Waals surface area contributed by atoms with E-state index < -0.39 is 47.3 Å². The number of halogens is 8. The maximum atomic E-state index is 14.8. The van der Waals surface area contributed by atoms with Gasteiger partial charge < -0.3 is 47.0 Å². The highest BCUT2D eigenvalue weighted by molar-refractivity contribution is 6.03. The van der Waals surface area contributed by atoms with Crippen molar-refractivity contribution in [2.45, 2.75) is 64.4 Å². The van der Waals surface area contributed by atoms with Crippen molar-refractivity contribution in [2.24, 2.45) is 0 Å². The van der Waals surface area contributed by atoms with E-state index in [0.717, 1.165) is 29.3 Å². The van der Waals surface area contributed by atoms with Gasteiger partial charge in [0.15, 0.2) is 5.82 Å². The molecule has 4 heterocycles. The number of urea groups is 1. The molecule has 0 saturated carbocycles. The third-order valence-electron chi connectivity index (χ3n) is 11.1. The lowest BCUT2D eigenvalue weighted by atomic mass is 10.0. The number of nitrogens with one attached hydrogen (secondary N) is 4. The van der Waals surface area contributed by atoms with Gasteiger partial charge >= 0.3 is 24.3 Å². The number of amides is 2. The Morgan fingerprint density at radius 3 is 1.77 bits per heavy atom. The summed E-state index contributed by atoms with van der Waals surface area (Å²) in [6.07, 6.45) is -7.34. The molecular formula is C47H42F8N12O2. The molecular weight excluding hydrogens is 917 g/mol. The minimum atomic E-state index is -5.82. The number of nitrogens with zero attached hydrogens (tertiary/aromatic N) is 6. The number of carbonyl (C=O) groups is 1. The number of alkyl halides is 8. The summed E-state index contributed by atoms with van der Waals surface area (Å²) in [7, 11) is 0. The number of nitrogens with two attached hydrogens (primary N) is 2. The summed E-state index contributed by atoms with van der Waals surface area (Å²) >= 11 is 0. The van der Waals surface area contributed by atoms with Crippen LogP contribution in [0.3, 0.4) is 0 Å². The van der Waals surface area contributed by atoms with Gasteiger partial charge in [0.25, 0.3) is 0 Å². The van der Waals surface area contributed by atoms with Gasteiger partial charge in [-0.1, -0.05) is 36.4 Å². The Kier molecular flexibility index (Phi) is 12.3. The van der Waals surface area contributed by atoms with Gasteiger partial charge in [-0.3, -0.25) is 0 Å². The molecule has 8 aromatic rings. The second-order valence-electron chi connectivity index (χ2n) is 16.5. The Bertz CT molecular complexity index is 3200. The number of rotatable bonds is 12. The van der Waals surface area contributed by atoms with Crippen molar-refractivity contribution < 1.29 is 45.0 Å². The molecule has 0 aliphatic rings. The minimum Gasteiger partial charge on any atom is -0.383 e. The van der Waals surface area contributed by atoms with Crippen LogP contribution in [0.4, 0.5) is 74.3 Å². The lowest BCUT2D eigenvalue weighted by Crippen LogP contribution is -2.34. The van der Waals surface area contributed by atoms with Crippen molar-refractivity contribution in [2.75, 3.05) is 32.7 Å². The molecule has 9 N–H and O–H groups in total. The largest absolute Gasteiger partial charge is 0.458 e.